The fourth-order valence-electron chi connectivity index (χ4n) is 8.33. The summed E-state index contributed by atoms with van der Waals surface area (Å²) in [7, 11) is -1.92. The van der Waals surface area contributed by atoms with Gasteiger partial charge >= 0.3 is 6.03 Å². The molecule has 0 aliphatic carbocycles. The zero-order valence-electron chi connectivity index (χ0n) is 33.6. The molecule has 0 bridgehead atoms. The lowest BCUT2D eigenvalue weighted by atomic mass is 9.88. The molecule has 57 heavy (non-hydrogen) atoms. The van der Waals surface area contributed by atoms with Crippen LogP contribution in [0.5, 0.6) is 5.75 Å². The van der Waals surface area contributed by atoms with Crippen molar-refractivity contribution in [3.63, 3.8) is 0 Å². The monoisotopic (exact) mass is 804 g/mol. The van der Waals surface area contributed by atoms with Crippen LogP contribution in [0.25, 0.3) is 10.7 Å². The molecule has 2 aromatic heterocycles. The van der Waals surface area contributed by atoms with Crippen molar-refractivity contribution in [2.45, 2.75) is 76.7 Å². The van der Waals surface area contributed by atoms with Gasteiger partial charge in [0.15, 0.2) is 5.78 Å². The SMILES string of the molecule is C=C1c2c(sc(-n3cccn3)c2C)N(C[C@H](OC2CCOCC2)c2ccccc2OC)C(=O)N1C(C)(C)C(=O)CC(C)(C)[Si](O)(c1ccccc1)c1ccccc1. The van der Waals surface area contributed by atoms with Crippen molar-refractivity contribution in [1.29, 1.82) is 0 Å². The number of ketones is 1. The van der Waals surface area contributed by atoms with Crippen molar-refractivity contribution in [1.82, 2.24) is 14.7 Å². The van der Waals surface area contributed by atoms with E-state index in [1.54, 1.807) is 41.6 Å². The highest BCUT2D eigenvalue weighted by Crippen LogP contribution is 2.50. The molecular formula is C45H52N4O6SSi. The Bertz CT molecular complexity index is 2180. The molecule has 1 N–H and O–H groups in total. The van der Waals surface area contributed by atoms with Gasteiger partial charge in [0.1, 0.15) is 27.4 Å². The first-order valence-corrected chi connectivity index (χ1v) is 22.2. The molecular weight excluding hydrogens is 753 g/mol. The predicted molar refractivity (Wildman–Crippen MR) is 228 cm³/mol. The van der Waals surface area contributed by atoms with Crippen LogP contribution in [-0.2, 0) is 14.3 Å². The zero-order chi connectivity index (χ0) is 40.5. The fourth-order valence-corrected chi connectivity index (χ4v) is 13.3. The summed E-state index contributed by atoms with van der Waals surface area (Å²) in [6.45, 7) is 15.4. The highest BCUT2D eigenvalue weighted by atomic mass is 32.1. The van der Waals surface area contributed by atoms with E-state index in [1.165, 1.54) is 11.3 Å². The number of urea groups is 1. The summed E-state index contributed by atoms with van der Waals surface area (Å²) in [6, 6.07) is 28.5. The quantitative estimate of drug-likeness (QED) is 0.115. The molecule has 3 aromatic carbocycles. The first kappa shape index (κ1) is 40.3. The molecule has 2 aliphatic heterocycles. The number of hydrogen-bond donors (Lipinski definition) is 1. The van der Waals surface area contributed by atoms with E-state index in [9.17, 15) is 4.80 Å². The number of carbonyl (C=O) groups is 2. The number of thiophene rings is 1. The molecule has 0 unspecified atom stereocenters. The second-order valence-corrected chi connectivity index (χ2v) is 20.9. The van der Waals surface area contributed by atoms with Crippen molar-refractivity contribution in [3.05, 3.63) is 127 Å². The molecule has 298 valence electrons. The second-order valence-electron chi connectivity index (χ2n) is 16.0. The summed E-state index contributed by atoms with van der Waals surface area (Å²) in [5.74, 6) is 0.467. The van der Waals surface area contributed by atoms with Crippen LogP contribution in [0, 0.1) is 6.92 Å². The number of benzene rings is 3. The van der Waals surface area contributed by atoms with Crippen LogP contribution < -0.4 is 20.0 Å². The number of methoxy groups -OCH3 is 1. The van der Waals surface area contributed by atoms with E-state index in [-0.39, 0.29) is 30.9 Å². The lowest BCUT2D eigenvalue weighted by Gasteiger charge is -2.47. The van der Waals surface area contributed by atoms with Crippen LogP contribution in [0.15, 0.2) is 110 Å². The lowest BCUT2D eigenvalue weighted by Crippen LogP contribution is -2.66. The maximum absolute atomic E-state index is 15.4. The van der Waals surface area contributed by atoms with Gasteiger partial charge in [-0.1, -0.05) is 111 Å². The zero-order valence-corrected chi connectivity index (χ0v) is 35.4. The van der Waals surface area contributed by atoms with Gasteiger partial charge < -0.3 is 19.0 Å². The number of ether oxygens (including phenoxy) is 3. The van der Waals surface area contributed by atoms with Gasteiger partial charge in [0, 0.05) is 48.9 Å². The lowest BCUT2D eigenvalue weighted by molar-refractivity contribution is -0.127. The molecule has 2 amide bonds. The Kier molecular flexibility index (Phi) is 11.5. The first-order valence-electron chi connectivity index (χ1n) is 19.5. The summed E-state index contributed by atoms with van der Waals surface area (Å²) < 4.78 is 20.2. The van der Waals surface area contributed by atoms with Gasteiger partial charge in [0.2, 0.25) is 0 Å². The van der Waals surface area contributed by atoms with Crippen LogP contribution in [0.4, 0.5) is 9.80 Å². The third kappa shape index (κ3) is 7.41. The maximum Gasteiger partial charge on any atom is 0.330 e. The van der Waals surface area contributed by atoms with E-state index in [2.05, 4.69) is 11.7 Å². The smallest absolute Gasteiger partial charge is 0.330 e. The second kappa shape index (κ2) is 16.2. The van der Waals surface area contributed by atoms with Crippen LogP contribution in [0.2, 0.25) is 5.04 Å². The van der Waals surface area contributed by atoms with E-state index in [1.807, 2.05) is 118 Å². The average molecular weight is 805 g/mol. The number of carbonyl (C=O) groups excluding carboxylic acids is 2. The van der Waals surface area contributed by atoms with Gasteiger partial charge in [-0.15, -0.1) is 0 Å². The molecule has 5 aromatic rings. The highest BCUT2D eigenvalue weighted by molar-refractivity contribution is 7.19. The average Bonchev–Trinajstić information content (AvgIpc) is 3.87. The van der Waals surface area contributed by atoms with E-state index in [0.717, 1.165) is 44.9 Å². The van der Waals surface area contributed by atoms with E-state index >= 15 is 9.59 Å². The Labute approximate surface area is 340 Å². The number of Topliss-reactive ketones (excluding diaryl/α,β-unsaturated/α-hetero) is 1. The third-order valence-electron chi connectivity index (χ3n) is 11.6. The molecule has 10 nitrogen and oxygen atoms in total. The fraction of sp³-hybridized carbons (Fsp3) is 0.356. The molecule has 7 rings (SSSR count). The molecule has 12 heteroatoms. The summed E-state index contributed by atoms with van der Waals surface area (Å²) in [4.78, 5) is 46.6. The van der Waals surface area contributed by atoms with E-state index < -0.39 is 25.0 Å². The maximum atomic E-state index is 15.4. The van der Waals surface area contributed by atoms with Gasteiger partial charge in [-0.25, -0.2) is 9.48 Å². The summed E-state index contributed by atoms with van der Waals surface area (Å²) in [5, 5.41) is 6.83. The van der Waals surface area contributed by atoms with Crippen LogP contribution in [0.1, 0.15) is 69.8 Å². The van der Waals surface area contributed by atoms with Gasteiger partial charge in [-0.3, -0.25) is 14.6 Å². The highest BCUT2D eigenvalue weighted by Gasteiger charge is 2.54. The summed E-state index contributed by atoms with van der Waals surface area (Å²) in [5.41, 5.74) is 1.55. The Morgan fingerprint density at radius 1 is 0.965 bits per heavy atom. The van der Waals surface area contributed by atoms with E-state index in [0.29, 0.717) is 29.7 Å². The Balaban J connectivity index is 1.30. The Morgan fingerprint density at radius 3 is 2.18 bits per heavy atom. The van der Waals surface area contributed by atoms with Gasteiger partial charge in [0.05, 0.1) is 19.8 Å². The van der Waals surface area contributed by atoms with Crippen molar-refractivity contribution in [2.24, 2.45) is 0 Å². The molecule has 1 fully saturated rings. The standard InChI is InChI=1S/C45H52N4O6SSi/c1-31-40-32(2)49(45(5,6)39(50)29-44(3,4)57(52,34-17-10-8-11-18-34)35-19-12-9-13-20-35)43(51)47(42(40)56-41(31)48-26-16-25-46-48)30-38(55-33-23-27-54-28-24-33)36-21-14-15-22-37(36)53-7/h8-22,25-26,33,38,52H,2,23-24,27-30H2,1,3-7H3/t38-/m0/s1. The van der Waals surface area contributed by atoms with Crippen molar-refractivity contribution in [3.8, 4) is 10.8 Å². The minimum absolute atomic E-state index is 0.00822. The molecule has 2 aliphatic rings. The Hall–Kier alpha value is -4.85. The molecule has 1 saturated heterocycles. The molecule has 0 spiro atoms. The van der Waals surface area contributed by atoms with Crippen LogP contribution >= 0.6 is 11.3 Å². The van der Waals surface area contributed by atoms with Gasteiger partial charge in [-0.05, 0) is 66.7 Å². The minimum atomic E-state index is -3.55. The summed E-state index contributed by atoms with van der Waals surface area (Å²) in [6.07, 6.45) is 4.42. The van der Waals surface area contributed by atoms with Crippen LogP contribution in [0.3, 0.4) is 0 Å². The number of aromatic nitrogens is 2. The Morgan fingerprint density at radius 2 is 1.58 bits per heavy atom. The number of hydrogen-bond acceptors (Lipinski definition) is 8. The number of nitrogens with zero attached hydrogens (tertiary/aromatic N) is 4. The predicted octanol–water partition coefficient (Wildman–Crippen LogP) is 7.67. The van der Waals surface area contributed by atoms with Crippen LogP contribution in [-0.4, -0.2) is 78.1 Å². The largest absolute Gasteiger partial charge is 0.496 e. The molecule has 1 atom stereocenters. The van der Waals surface area contributed by atoms with E-state index in [4.69, 9.17) is 14.2 Å². The first-order chi connectivity index (χ1) is 27.3. The number of anilines is 1. The van der Waals surface area contributed by atoms with Crippen molar-refractivity contribution < 1.29 is 28.6 Å². The number of fused-ring (bicyclic) bond motifs is 1. The van der Waals surface area contributed by atoms with Gasteiger partial charge in [0.25, 0.3) is 8.32 Å². The van der Waals surface area contributed by atoms with Gasteiger partial charge in [-0.2, -0.15) is 5.10 Å². The van der Waals surface area contributed by atoms with Crippen molar-refractivity contribution in [2.75, 3.05) is 31.8 Å². The normalized spacial score (nSPS) is 16.1. The molecule has 4 heterocycles. The third-order valence-corrected chi connectivity index (χ3v) is 17.4. The number of rotatable bonds is 14. The topological polar surface area (TPSA) is 106 Å². The van der Waals surface area contributed by atoms with Crippen molar-refractivity contribution >= 4 is 52.5 Å². The molecule has 0 saturated carbocycles. The summed E-state index contributed by atoms with van der Waals surface area (Å²) >= 11 is 1.46. The number of para-hydroxylation sites is 1. The minimum Gasteiger partial charge on any atom is -0.496 e. The number of amides is 2. The molecule has 0 radical (unpaired) electrons.